The van der Waals surface area contributed by atoms with Crippen LogP contribution in [0.3, 0.4) is 0 Å². The van der Waals surface area contributed by atoms with E-state index in [2.05, 4.69) is 22.5 Å². The second-order valence-electron chi connectivity index (χ2n) is 6.72. The first-order valence-corrected chi connectivity index (χ1v) is 8.68. The molecule has 6 heteroatoms. The van der Waals surface area contributed by atoms with Crippen LogP contribution in [0.5, 0.6) is 0 Å². The number of hydrogen-bond donors (Lipinski definition) is 1. The van der Waals surface area contributed by atoms with Crippen LogP contribution in [0.15, 0.2) is 18.2 Å². The van der Waals surface area contributed by atoms with Gasteiger partial charge in [0.15, 0.2) is 5.82 Å². The molecule has 0 aliphatic carbocycles. The minimum atomic E-state index is -0.145. The number of nitrogens with one attached hydrogen (secondary N) is 1. The molecule has 1 aromatic carbocycles. The first-order chi connectivity index (χ1) is 11.6. The number of anilines is 1. The Balaban J connectivity index is 1.76. The zero-order chi connectivity index (χ0) is 16.7. The molecule has 2 aliphatic rings. The van der Waals surface area contributed by atoms with E-state index >= 15 is 0 Å². The van der Waals surface area contributed by atoms with E-state index in [1.165, 1.54) is 10.5 Å². The second-order valence-corrected chi connectivity index (χ2v) is 6.72. The number of rotatable bonds is 2. The molecule has 2 fully saturated rings. The molecule has 4 rings (SSSR count). The molecular weight excluding hydrogens is 304 g/mol. The number of benzene rings is 1. The van der Waals surface area contributed by atoms with Crippen molar-refractivity contribution < 1.29 is 9.59 Å². The number of amides is 2. The van der Waals surface area contributed by atoms with E-state index < -0.39 is 0 Å². The first kappa shape index (κ1) is 15.3. The Hall–Kier alpha value is -2.21. The molecule has 0 spiro atoms. The van der Waals surface area contributed by atoms with Gasteiger partial charge in [-0.25, -0.2) is 4.90 Å². The molecule has 126 valence electrons. The van der Waals surface area contributed by atoms with E-state index in [1.807, 2.05) is 13.1 Å². The quantitative estimate of drug-likeness (QED) is 0.858. The summed E-state index contributed by atoms with van der Waals surface area (Å²) in [5.74, 6) is 0.758. The Morgan fingerprint density at radius 3 is 2.54 bits per heavy atom. The number of hydrogen-bond acceptors (Lipinski definition) is 4. The van der Waals surface area contributed by atoms with Crippen LogP contribution in [-0.4, -0.2) is 34.7 Å². The van der Waals surface area contributed by atoms with Crippen molar-refractivity contribution in [3.8, 4) is 0 Å². The SMILES string of the molecule is Cn1nc(N2C(=O)CCCC2=O)c2ccc(C3CCNCC3)cc21. The third-order valence-corrected chi connectivity index (χ3v) is 5.16. The Morgan fingerprint density at radius 1 is 1.12 bits per heavy atom. The van der Waals surface area contributed by atoms with Crippen LogP contribution in [0.1, 0.15) is 43.6 Å². The Morgan fingerprint density at radius 2 is 1.83 bits per heavy atom. The highest BCUT2D eigenvalue weighted by atomic mass is 16.2. The molecule has 0 saturated carbocycles. The summed E-state index contributed by atoms with van der Waals surface area (Å²) in [6.45, 7) is 2.10. The Kier molecular flexibility index (Phi) is 3.84. The lowest BCUT2D eigenvalue weighted by Gasteiger charge is -2.24. The van der Waals surface area contributed by atoms with Crippen LogP contribution >= 0.6 is 0 Å². The van der Waals surface area contributed by atoms with Gasteiger partial charge < -0.3 is 5.32 Å². The van der Waals surface area contributed by atoms with Crippen molar-refractivity contribution >= 4 is 28.5 Å². The average Bonchev–Trinajstić information content (AvgIpc) is 2.92. The maximum atomic E-state index is 12.2. The van der Waals surface area contributed by atoms with Crippen LogP contribution in [0.2, 0.25) is 0 Å². The van der Waals surface area contributed by atoms with Gasteiger partial charge in [-0.05, 0) is 56.0 Å². The molecule has 1 aromatic heterocycles. The normalized spacial score (nSPS) is 20.1. The van der Waals surface area contributed by atoms with Crippen LogP contribution in [0.25, 0.3) is 10.9 Å². The Bertz CT molecular complexity index is 789. The van der Waals surface area contributed by atoms with Gasteiger partial charge in [0, 0.05) is 25.3 Å². The van der Waals surface area contributed by atoms with E-state index in [-0.39, 0.29) is 11.8 Å². The number of aromatic nitrogens is 2. The van der Waals surface area contributed by atoms with Crippen molar-refractivity contribution in [3.05, 3.63) is 23.8 Å². The summed E-state index contributed by atoms with van der Waals surface area (Å²) in [6, 6.07) is 6.31. The van der Waals surface area contributed by atoms with Gasteiger partial charge in [0.1, 0.15) is 0 Å². The van der Waals surface area contributed by atoms with E-state index in [4.69, 9.17) is 0 Å². The molecule has 2 amide bonds. The largest absolute Gasteiger partial charge is 0.317 e. The molecule has 2 aliphatic heterocycles. The Labute approximate surface area is 140 Å². The fraction of sp³-hybridized carbons (Fsp3) is 0.500. The maximum Gasteiger partial charge on any atom is 0.235 e. The molecule has 6 nitrogen and oxygen atoms in total. The summed E-state index contributed by atoms with van der Waals surface area (Å²) in [4.78, 5) is 25.7. The third-order valence-electron chi connectivity index (χ3n) is 5.16. The van der Waals surface area contributed by atoms with Crippen LogP contribution in [0, 0.1) is 0 Å². The monoisotopic (exact) mass is 326 g/mol. The molecule has 3 heterocycles. The minimum absolute atomic E-state index is 0.145. The molecule has 0 atom stereocenters. The van der Waals surface area contributed by atoms with Gasteiger partial charge in [-0.1, -0.05) is 6.07 Å². The number of fused-ring (bicyclic) bond motifs is 1. The molecule has 0 bridgehead atoms. The van der Waals surface area contributed by atoms with E-state index in [1.54, 1.807) is 4.68 Å². The summed E-state index contributed by atoms with van der Waals surface area (Å²) in [5.41, 5.74) is 2.29. The minimum Gasteiger partial charge on any atom is -0.317 e. The smallest absolute Gasteiger partial charge is 0.235 e. The number of piperidine rings is 2. The number of imide groups is 1. The lowest BCUT2D eigenvalue weighted by Crippen LogP contribution is -2.40. The highest BCUT2D eigenvalue weighted by Crippen LogP contribution is 2.33. The van der Waals surface area contributed by atoms with Gasteiger partial charge in [-0.3, -0.25) is 14.3 Å². The van der Waals surface area contributed by atoms with E-state index in [0.717, 1.165) is 36.8 Å². The van der Waals surface area contributed by atoms with Crippen molar-refractivity contribution in [1.82, 2.24) is 15.1 Å². The highest BCUT2D eigenvalue weighted by molar-refractivity contribution is 6.19. The van der Waals surface area contributed by atoms with Crippen LogP contribution < -0.4 is 10.2 Å². The van der Waals surface area contributed by atoms with Crippen molar-refractivity contribution in [2.75, 3.05) is 18.0 Å². The van der Waals surface area contributed by atoms with Gasteiger partial charge in [0.25, 0.3) is 0 Å². The predicted octanol–water partition coefficient (Wildman–Crippen LogP) is 2.08. The molecule has 0 radical (unpaired) electrons. The first-order valence-electron chi connectivity index (χ1n) is 8.68. The van der Waals surface area contributed by atoms with Gasteiger partial charge in [-0.15, -0.1) is 0 Å². The summed E-state index contributed by atoms with van der Waals surface area (Å²) in [5, 5.41) is 8.75. The van der Waals surface area contributed by atoms with Crippen molar-refractivity contribution in [2.45, 2.75) is 38.0 Å². The highest BCUT2D eigenvalue weighted by Gasteiger charge is 2.31. The lowest BCUT2D eigenvalue weighted by molar-refractivity contribution is -0.129. The fourth-order valence-electron chi connectivity index (χ4n) is 3.82. The standard InChI is InChI=1S/C18H22N4O2/c1-21-15-11-13(12-7-9-19-10-8-12)5-6-14(15)18(20-21)22-16(23)3-2-4-17(22)24/h5-6,11-12,19H,2-4,7-10H2,1H3. The molecule has 24 heavy (non-hydrogen) atoms. The fourth-order valence-corrected chi connectivity index (χ4v) is 3.82. The van der Waals surface area contributed by atoms with Crippen molar-refractivity contribution in [3.63, 3.8) is 0 Å². The van der Waals surface area contributed by atoms with E-state index in [0.29, 0.717) is 31.0 Å². The van der Waals surface area contributed by atoms with Gasteiger partial charge in [0.05, 0.1) is 5.52 Å². The van der Waals surface area contributed by atoms with Gasteiger partial charge in [0.2, 0.25) is 11.8 Å². The number of carbonyl (C=O) groups is 2. The van der Waals surface area contributed by atoms with Crippen LogP contribution in [-0.2, 0) is 16.6 Å². The van der Waals surface area contributed by atoms with E-state index in [9.17, 15) is 9.59 Å². The molecular formula is C18H22N4O2. The predicted molar refractivity (Wildman–Crippen MR) is 91.9 cm³/mol. The van der Waals surface area contributed by atoms with Crippen molar-refractivity contribution in [1.29, 1.82) is 0 Å². The summed E-state index contributed by atoms with van der Waals surface area (Å²) in [6.07, 6.45) is 3.74. The summed E-state index contributed by atoms with van der Waals surface area (Å²) < 4.78 is 1.78. The molecule has 2 saturated heterocycles. The van der Waals surface area contributed by atoms with Gasteiger partial charge in [-0.2, -0.15) is 5.10 Å². The lowest BCUT2D eigenvalue weighted by atomic mass is 9.90. The second kappa shape index (κ2) is 6.02. The number of nitrogens with zero attached hydrogens (tertiary/aromatic N) is 3. The number of carbonyl (C=O) groups excluding carboxylic acids is 2. The summed E-state index contributed by atoms with van der Waals surface area (Å²) >= 11 is 0. The zero-order valence-electron chi connectivity index (χ0n) is 13.9. The molecule has 1 N–H and O–H groups in total. The summed E-state index contributed by atoms with van der Waals surface area (Å²) in [7, 11) is 1.87. The molecule has 2 aromatic rings. The average molecular weight is 326 g/mol. The number of aryl methyl sites for hydroxylation is 1. The topological polar surface area (TPSA) is 67.2 Å². The van der Waals surface area contributed by atoms with Crippen LogP contribution in [0.4, 0.5) is 5.82 Å². The zero-order valence-corrected chi connectivity index (χ0v) is 13.9. The van der Waals surface area contributed by atoms with Crippen molar-refractivity contribution in [2.24, 2.45) is 7.05 Å². The third kappa shape index (κ3) is 2.51. The van der Waals surface area contributed by atoms with Gasteiger partial charge >= 0.3 is 0 Å². The maximum absolute atomic E-state index is 12.2. The molecule has 0 unspecified atom stereocenters.